The molecule has 0 aliphatic carbocycles. The number of thiazole rings is 1. The second-order valence-electron chi connectivity index (χ2n) is 9.50. The van der Waals surface area contributed by atoms with Gasteiger partial charge in [-0.05, 0) is 18.3 Å². The molecule has 10 nitrogen and oxygen atoms in total. The summed E-state index contributed by atoms with van der Waals surface area (Å²) >= 11 is 1.54. The number of amides is 2. The number of nitrogens with zero attached hydrogens (tertiary/aromatic N) is 6. The van der Waals surface area contributed by atoms with Crippen LogP contribution in [0.3, 0.4) is 0 Å². The number of hydrogen-bond donors (Lipinski definition) is 2. The van der Waals surface area contributed by atoms with Crippen LogP contribution in [0.4, 0.5) is 10.6 Å². The lowest BCUT2D eigenvalue weighted by molar-refractivity contribution is 0.0638. The summed E-state index contributed by atoms with van der Waals surface area (Å²) in [5.74, 6) is 0.869. The molecule has 176 valence electrons. The van der Waals surface area contributed by atoms with E-state index >= 15 is 0 Å². The van der Waals surface area contributed by atoms with Crippen molar-refractivity contribution in [3.05, 3.63) is 29.5 Å². The van der Waals surface area contributed by atoms with Gasteiger partial charge >= 0.3 is 6.09 Å². The number of carbonyl (C=O) groups excluding carboxylic acids is 1. The summed E-state index contributed by atoms with van der Waals surface area (Å²) in [6.45, 7) is 8.02. The van der Waals surface area contributed by atoms with Crippen LogP contribution in [0.1, 0.15) is 44.1 Å². The highest BCUT2D eigenvalue weighted by Crippen LogP contribution is 2.27. The van der Waals surface area contributed by atoms with Gasteiger partial charge in [-0.1, -0.05) is 20.8 Å². The predicted octanol–water partition coefficient (Wildman–Crippen LogP) is 3.53. The maximum Gasteiger partial charge on any atom is 0.407 e. The molecule has 4 heterocycles. The van der Waals surface area contributed by atoms with E-state index in [1.165, 1.54) is 16.2 Å². The summed E-state index contributed by atoms with van der Waals surface area (Å²) in [6.07, 6.45) is 3.84. The Kier molecular flexibility index (Phi) is 6.24. The summed E-state index contributed by atoms with van der Waals surface area (Å²) in [7, 11) is 1.57. The van der Waals surface area contributed by atoms with E-state index in [2.05, 4.69) is 41.2 Å². The molecule has 1 aliphatic rings. The molecule has 0 saturated carbocycles. The molecular weight excluding hydrogens is 442 g/mol. The predicted molar refractivity (Wildman–Crippen MR) is 127 cm³/mol. The van der Waals surface area contributed by atoms with Gasteiger partial charge in [0.25, 0.3) is 5.91 Å². The zero-order chi connectivity index (χ0) is 23.8. The van der Waals surface area contributed by atoms with Crippen LogP contribution in [0.15, 0.2) is 23.8 Å². The number of anilines is 1. The van der Waals surface area contributed by atoms with Crippen molar-refractivity contribution in [2.45, 2.75) is 39.7 Å². The number of nitrogens with one attached hydrogen (secondary N) is 1. The van der Waals surface area contributed by atoms with E-state index < -0.39 is 6.09 Å². The number of piperidine rings is 1. The zero-order valence-electron chi connectivity index (χ0n) is 19.3. The van der Waals surface area contributed by atoms with Crippen LogP contribution >= 0.6 is 11.3 Å². The molecule has 0 radical (unpaired) electrons. The van der Waals surface area contributed by atoms with Gasteiger partial charge in [0.05, 0.1) is 11.8 Å². The van der Waals surface area contributed by atoms with Crippen molar-refractivity contribution in [3.63, 3.8) is 0 Å². The van der Waals surface area contributed by atoms with Gasteiger partial charge in [-0.15, -0.1) is 11.3 Å². The zero-order valence-corrected chi connectivity index (χ0v) is 20.1. The number of aromatic nitrogens is 4. The van der Waals surface area contributed by atoms with Crippen molar-refractivity contribution in [3.8, 4) is 11.4 Å². The molecule has 2 amide bonds. The van der Waals surface area contributed by atoms with E-state index in [9.17, 15) is 14.7 Å². The standard InChI is InChI=1S/C22H29N7O3S/c1-22(2,3)13-23-17-11-16(19(30)28-7-5-14(6-8-28)27(4)21(31)32)25-18(26-17)15-12-24-29-9-10-33-20(15)29/h9-12,14H,5-8,13H2,1-4H3,(H,31,32)(H,23,25,26). The highest BCUT2D eigenvalue weighted by atomic mass is 32.1. The third-order valence-electron chi connectivity index (χ3n) is 5.72. The Morgan fingerprint density at radius 3 is 2.67 bits per heavy atom. The van der Waals surface area contributed by atoms with Crippen molar-refractivity contribution in [1.82, 2.24) is 29.4 Å². The molecule has 11 heteroatoms. The summed E-state index contributed by atoms with van der Waals surface area (Å²) in [5.41, 5.74) is 1.13. The Morgan fingerprint density at radius 1 is 1.27 bits per heavy atom. The first-order valence-electron chi connectivity index (χ1n) is 10.9. The van der Waals surface area contributed by atoms with Gasteiger partial charge in [-0.3, -0.25) is 4.79 Å². The van der Waals surface area contributed by atoms with Gasteiger partial charge in [0.15, 0.2) is 5.82 Å². The molecule has 3 aromatic heterocycles. The molecule has 3 aromatic rings. The second-order valence-corrected chi connectivity index (χ2v) is 10.4. The van der Waals surface area contributed by atoms with Crippen molar-refractivity contribution in [1.29, 1.82) is 0 Å². The van der Waals surface area contributed by atoms with Gasteiger partial charge in [-0.25, -0.2) is 19.3 Å². The van der Waals surface area contributed by atoms with E-state index in [1.807, 2.05) is 11.6 Å². The van der Waals surface area contributed by atoms with Gasteiger partial charge in [0, 0.05) is 50.4 Å². The molecule has 1 fully saturated rings. The number of rotatable bonds is 5. The number of likely N-dealkylation sites (tertiary alicyclic amines) is 1. The molecule has 33 heavy (non-hydrogen) atoms. The van der Waals surface area contributed by atoms with Crippen molar-refractivity contribution < 1.29 is 14.7 Å². The minimum atomic E-state index is -0.948. The molecule has 1 saturated heterocycles. The fourth-order valence-electron chi connectivity index (χ4n) is 3.78. The van der Waals surface area contributed by atoms with E-state index in [4.69, 9.17) is 0 Å². The van der Waals surface area contributed by atoms with Crippen LogP contribution in [0.25, 0.3) is 16.2 Å². The smallest absolute Gasteiger partial charge is 0.407 e. The van der Waals surface area contributed by atoms with E-state index in [0.29, 0.717) is 49.8 Å². The van der Waals surface area contributed by atoms with Crippen molar-refractivity contribution >= 4 is 34.0 Å². The van der Waals surface area contributed by atoms with Gasteiger partial charge in [-0.2, -0.15) is 5.10 Å². The highest BCUT2D eigenvalue weighted by Gasteiger charge is 2.29. The molecule has 0 spiro atoms. The van der Waals surface area contributed by atoms with Crippen LogP contribution in [0.2, 0.25) is 0 Å². The molecule has 4 rings (SSSR count). The number of carbonyl (C=O) groups is 2. The largest absolute Gasteiger partial charge is 0.465 e. The SMILES string of the molecule is CN(C(=O)O)C1CCN(C(=O)c2cc(NCC(C)(C)C)nc(-c3cnn4ccsc34)n2)CC1. The maximum absolute atomic E-state index is 13.4. The first-order valence-corrected chi connectivity index (χ1v) is 11.8. The Morgan fingerprint density at radius 2 is 2.00 bits per heavy atom. The first-order chi connectivity index (χ1) is 15.6. The molecule has 0 atom stereocenters. The van der Waals surface area contributed by atoms with Crippen LogP contribution in [0, 0.1) is 5.41 Å². The lowest BCUT2D eigenvalue weighted by Gasteiger charge is -2.35. The fourth-order valence-corrected chi connectivity index (χ4v) is 4.57. The van der Waals surface area contributed by atoms with Gasteiger partial charge in [0.2, 0.25) is 0 Å². The molecule has 0 bridgehead atoms. The molecular formula is C22H29N7O3S. The maximum atomic E-state index is 13.4. The van der Waals surface area contributed by atoms with Crippen LogP contribution < -0.4 is 5.32 Å². The average Bonchev–Trinajstić information content (AvgIpc) is 3.40. The highest BCUT2D eigenvalue weighted by molar-refractivity contribution is 7.16. The van der Waals surface area contributed by atoms with E-state index in [0.717, 1.165) is 10.4 Å². The third kappa shape index (κ3) is 5.08. The Balaban J connectivity index is 1.61. The van der Waals surface area contributed by atoms with Crippen molar-refractivity contribution in [2.75, 3.05) is 32.0 Å². The minimum Gasteiger partial charge on any atom is -0.465 e. The lowest BCUT2D eigenvalue weighted by atomic mass is 9.97. The monoisotopic (exact) mass is 471 g/mol. The quantitative estimate of drug-likeness (QED) is 0.585. The minimum absolute atomic E-state index is 0.0338. The normalized spacial score (nSPS) is 15.1. The number of carboxylic acid groups (broad SMARTS) is 1. The Hall–Kier alpha value is -3.21. The average molecular weight is 472 g/mol. The Labute approximate surface area is 196 Å². The van der Waals surface area contributed by atoms with E-state index in [1.54, 1.807) is 28.7 Å². The number of hydrogen-bond acceptors (Lipinski definition) is 7. The first kappa shape index (κ1) is 23.0. The van der Waals surface area contributed by atoms with Gasteiger partial charge < -0.3 is 20.2 Å². The Bertz CT molecular complexity index is 1160. The molecule has 2 N–H and O–H groups in total. The second kappa shape index (κ2) is 8.97. The summed E-state index contributed by atoms with van der Waals surface area (Å²) in [5, 5.41) is 18.9. The van der Waals surface area contributed by atoms with E-state index in [-0.39, 0.29) is 17.4 Å². The van der Waals surface area contributed by atoms with Gasteiger partial charge in [0.1, 0.15) is 16.3 Å². The van der Waals surface area contributed by atoms with Crippen LogP contribution in [-0.2, 0) is 0 Å². The molecule has 0 unspecified atom stereocenters. The summed E-state index contributed by atoms with van der Waals surface area (Å²) in [4.78, 5) is 37.9. The van der Waals surface area contributed by atoms with Crippen molar-refractivity contribution in [2.24, 2.45) is 5.41 Å². The third-order valence-corrected chi connectivity index (χ3v) is 6.61. The fraction of sp³-hybridized carbons (Fsp3) is 0.500. The molecule has 1 aliphatic heterocycles. The summed E-state index contributed by atoms with van der Waals surface area (Å²) in [6, 6.07) is 1.61. The number of fused-ring (bicyclic) bond motifs is 1. The summed E-state index contributed by atoms with van der Waals surface area (Å²) < 4.78 is 1.77. The molecule has 0 aromatic carbocycles. The topological polar surface area (TPSA) is 116 Å². The van der Waals surface area contributed by atoms with Crippen LogP contribution in [0.5, 0.6) is 0 Å². The lowest BCUT2D eigenvalue weighted by Crippen LogP contribution is -2.47. The van der Waals surface area contributed by atoms with Crippen LogP contribution in [-0.4, -0.2) is 79.2 Å².